The maximum Gasteiger partial charge on any atom is 0.401 e. The van der Waals surface area contributed by atoms with E-state index in [0.29, 0.717) is 25.5 Å². The van der Waals surface area contributed by atoms with Gasteiger partial charge < -0.3 is 15.5 Å². The van der Waals surface area contributed by atoms with Gasteiger partial charge >= 0.3 is 6.18 Å². The van der Waals surface area contributed by atoms with E-state index in [2.05, 4.69) is 20.5 Å². The largest absolute Gasteiger partial charge is 0.401 e. The predicted octanol–water partition coefficient (Wildman–Crippen LogP) is 2.14. The van der Waals surface area contributed by atoms with Crippen LogP contribution in [-0.4, -0.2) is 81.8 Å². The second-order valence-corrected chi connectivity index (χ2v) is 6.03. The molecule has 0 saturated carbocycles. The maximum atomic E-state index is 12.2. The van der Waals surface area contributed by atoms with Gasteiger partial charge in [0.1, 0.15) is 0 Å². The lowest BCUT2D eigenvalue weighted by Crippen LogP contribution is -2.43. The summed E-state index contributed by atoms with van der Waals surface area (Å²) in [7, 11) is 3.19. The molecule has 0 bridgehead atoms. The Balaban J connectivity index is 0.00000529. The van der Waals surface area contributed by atoms with Gasteiger partial charge in [0.2, 0.25) is 0 Å². The number of hydrogen-bond donors (Lipinski definition) is 2. The van der Waals surface area contributed by atoms with Gasteiger partial charge in [-0.05, 0) is 45.9 Å². The Labute approximate surface area is 160 Å². The molecule has 1 aliphatic heterocycles. The van der Waals surface area contributed by atoms with Crippen molar-refractivity contribution in [3.05, 3.63) is 0 Å². The predicted molar refractivity (Wildman–Crippen MR) is 103 cm³/mol. The third-order valence-electron chi connectivity index (χ3n) is 3.85. The lowest BCUT2D eigenvalue weighted by Gasteiger charge is -2.26. The average molecular weight is 465 g/mol. The minimum Gasteiger partial charge on any atom is -0.356 e. The average Bonchev–Trinajstić information content (AvgIpc) is 2.49. The van der Waals surface area contributed by atoms with Crippen LogP contribution in [0.4, 0.5) is 13.2 Å². The number of nitrogens with one attached hydrogen (secondary N) is 2. The van der Waals surface area contributed by atoms with Gasteiger partial charge in [-0.1, -0.05) is 6.42 Å². The van der Waals surface area contributed by atoms with E-state index in [-0.39, 0.29) is 24.0 Å². The van der Waals surface area contributed by atoms with Crippen LogP contribution >= 0.6 is 24.0 Å². The summed E-state index contributed by atoms with van der Waals surface area (Å²) in [6.07, 6.45) is 0.389. The Hall–Kier alpha value is -0.290. The monoisotopic (exact) mass is 465 g/mol. The maximum absolute atomic E-state index is 12.2. The number of alkyl halides is 3. The van der Waals surface area contributed by atoms with E-state index in [1.54, 1.807) is 7.05 Å². The summed E-state index contributed by atoms with van der Waals surface area (Å²) >= 11 is 0. The van der Waals surface area contributed by atoms with E-state index >= 15 is 0 Å². The number of likely N-dealkylation sites (tertiary alicyclic amines) is 1. The molecule has 0 atom stereocenters. The van der Waals surface area contributed by atoms with E-state index in [1.165, 1.54) is 44.3 Å². The lowest BCUT2D eigenvalue weighted by molar-refractivity contribution is -0.143. The summed E-state index contributed by atoms with van der Waals surface area (Å²) in [5.74, 6) is 0.709. The van der Waals surface area contributed by atoms with Crippen molar-refractivity contribution >= 4 is 29.9 Å². The van der Waals surface area contributed by atoms with E-state index in [0.717, 1.165) is 13.1 Å². The second kappa shape index (κ2) is 13.0. The van der Waals surface area contributed by atoms with Crippen LogP contribution in [0.5, 0.6) is 0 Å². The molecule has 0 unspecified atom stereocenters. The normalized spacial score (nSPS) is 16.8. The fourth-order valence-corrected chi connectivity index (χ4v) is 2.68. The molecule has 1 saturated heterocycles. The number of halogens is 4. The smallest absolute Gasteiger partial charge is 0.356 e. The van der Waals surface area contributed by atoms with Crippen LogP contribution in [0.15, 0.2) is 4.99 Å². The summed E-state index contributed by atoms with van der Waals surface area (Å²) in [6, 6.07) is 0. The van der Waals surface area contributed by atoms with E-state index in [4.69, 9.17) is 0 Å². The van der Waals surface area contributed by atoms with Crippen molar-refractivity contribution in [3.8, 4) is 0 Å². The van der Waals surface area contributed by atoms with Crippen molar-refractivity contribution in [2.45, 2.75) is 31.9 Å². The molecule has 1 fully saturated rings. The van der Waals surface area contributed by atoms with Gasteiger partial charge in [0, 0.05) is 26.7 Å². The molecule has 0 aromatic heterocycles. The topological polar surface area (TPSA) is 42.9 Å². The van der Waals surface area contributed by atoms with Crippen LogP contribution in [-0.2, 0) is 0 Å². The standard InChI is InChI=1S/C15H30F3N5.HI/c1-19-14(21-8-12-23-10-4-3-5-11-23)20-7-6-9-22(2)13-15(16,17)18;/h3-13H2,1-2H3,(H2,19,20,21);1H. The van der Waals surface area contributed by atoms with Gasteiger partial charge in [0.05, 0.1) is 6.54 Å². The highest BCUT2D eigenvalue weighted by atomic mass is 127. The van der Waals surface area contributed by atoms with Gasteiger partial charge in [-0.25, -0.2) is 0 Å². The van der Waals surface area contributed by atoms with Crippen LogP contribution in [0.1, 0.15) is 25.7 Å². The van der Waals surface area contributed by atoms with E-state index in [1.807, 2.05) is 0 Å². The van der Waals surface area contributed by atoms with Gasteiger partial charge in [-0.15, -0.1) is 24.0 Å². The zero-order valence-electron chi connectivity index (χ0n) is 14.7. The first-order chi connectivity index (χ1) is 10.9. The van der Waals surface area contributed by atoms with Crippen molar-refractivity contribution in [3.63, 3.8) is 0 Å². The number of rotatable bonds is 8. The van der Waals surface area contributed by atoms with E-state index < -0.39 is 12.7 Å². The zero-order chi connectivity index (χ0) is 17.1. The minimum absolute atomic E-state index is 0. The Bertz CT molecular complexity index is 346. The van der Waals surface area contributed by atoms with Crippen molar-refractivity contribution in [1.82, 2.24) is 20.4 Å². The molecule has 24 heavy (non-hydrogen) atoms. The quantitative estimate of drug-likeness (QED) is 0.250. The Morgan fingerprint density at radius 2 is 1.75 bits per heavy atom. The molecular formula is C15H31F3IN5. The van der Waals surface area contributed by atoms with Crippen LogP contribution in [0.25, 0.3) is 0 Å². The van der Waals surface area contributed by atoms with Crippen LogP contribution in [0, 0.1) is 0 Å². The first-order valence-corrected chi connectivity index (χ1v) is 8.33. The third-order valence-corrected chi connectivity index (χ3v) is 3.85. The third kappa shape index (κ3) is 12.1. The lowest BCUT2D eigenvalue weighted by atomic mass is 10.1. The van der Waals surface area contributed by atoms with Crippen molar-refractivity contribution in [2.75, 3.05) is 59.9 Å². The van der Waals surface area contributed by atoms with Gasteiger partial charge in [-0.3, -0.25) is 9.89 Å². The number of piperidine rings is 1. The fraction of sp³-hybridized carbons (Fsp3) is 0.933. The summed E-state index contributed by atoms with van der Waals surface area (Å²) in [6.45, 7) is 4.29. The molecule has 1 rings (SSSR count). The highest BCUT2D eigenvalue weighted by Crippen LogP contribution is 2.15. The molecule has 144 valence electrons. The number of aliphatic imine (C=N–C) groups is 1. The molecule has 0 amide bonds. The molecule has 0 aromatic rings. The van der Waals surface area contributed by atoms with Crippen LogP contribution < -0.4 is 10.6 Å². The van der Waals surface area contributed by atoms with Gasteiger partial charge in [0.15, 0.2) is 5.96 Å². The molecule has 0 spiro atoms. The Morgan fingerprint density at radius 3 is 2.33 bits per heavy atom. The molecule has 0 aliphatic carbocycles. The highest BCUT2D eigenvalue weighted by Gasteiger charge is 2.28. The first-order valence-electron chi connectivity index (χ1n) is 8.33. The number of nitrogens with zero attached hydrogens (tertiary/aromatic N) is 3. The van der Waals surface area contributed by atoms with Crippen molar-refractivity contribution < 1.29 is 13.2 Å². The van der Waals surface area contributed by atoms with Crippen LogP contribution in [0.2, 0.25) is 0 Å². The first kappa shape index (κ1) is 23.7. The van der Waals surface area contributed by atoms with Gasteiger partial charge in [-0.2, -0.15) is 13.2 Å². The molecule has 0 radical (unpaired) electrons. The number of hydrogen-bond acceptors (Lipinski definition) is 3. The number of guanidine groups is 1. The van der Waals surface area contributed by atoms with E-state index in [9.17, 15) is 13.2 Å². The molecule has 9 heteroatoms. The summed E-state index contributed by atoms with van der Waals surface area (Å²) < 4.78 is 36.6. The molecule has 5 nitrogen and oxygen atoms in total. The molecule has 0 aromatic carbocycles. The van der Waals surface area contributed by atoms with Crippen LogP contribution in [0.3, 0.4) is 0 Å². The minimum atomic E-state index is -4.13. The SMILES string of the molecule is CN=C(NCCCN(C)CC(F)(F)F)NCCN1CCCCC1.I. The fourth-order valence-electron chi connectivity index (χ4n) is 2.68. The highest BCUT2D eigenvalue weighted by molar-refractivity contribution is 14.0. The van der Waals surface area contributed by atoms with Gasteiger partial charge in [0.25, 0.3) is 0 Å². The van der Waals surface area contributed by atoms with Crippen molar-refractivity contribution in [2.24, 2.45) is 4.99 Å². The summed E-state index contributed by atoms with van der Waals surface area (Å²) in [4.78, 5) is 7.86. The second-order valence-electron chi connectivity index (χ2n) is 6.03. The molecular weight excluding hydrogens is 434 g/mol. The zero-order valence-corrected chi connectivity index (χ0v) is 17.0. The molecule has 1 aliphatic rings. The molecule has 1 heterocycles. The summed E-state index contributed by atoms with van der Waals surface area (Å²) in [5, 5.41) is 6.38. The Morgan fingerprint density at radius 1 is 1.12 bits per heavy atom. The Kier molecular flexibility index (Phi) is 12.8. The molecule has 2 N–H and O–H groups in total. The van der Waals surface area contributed by atoms with Crippen molar-refractivity contribution in [1.29, 1.82) is 0 Å². The summed E-state index contributed by atoms with van der Waals surface area (Å²) in [5.41, 5.74) is 0.